The third-order valence-corrected chi connectivity index (χ3v) is 7.21. The average Bonchev–Trinajstić information content (AvgIpc) is 2.67. The Kier molecular flexibility index (Phi) is 4.77. The van der Waals surface area contributed by atoms with Gasteiger partial charge in [0.15, 0.2) is 11.4 Å². The van der Waals surface area contributed by atoms with Crippen LogP contribution < -0.4 is 5.73 Å². The lowest BCUT2D eigenvalue weighted by molar-refractivity contribution is -0.184. The van der Waals surface area contributed by atoms with Crippen LogP contribution in [0.25, 0.3) is 5.76 Å². The molecule has 6 atom stereocenters. The minimum atomic E-state index is -2.62. The Labute approximate surface area is 178 Å². The second-order valence-electron chi connectivity index (χ2n) is 9.05. The summed E-state index contributed by atoms with van der Waals surface area (Å²) in [6, 6.07) is 2.23. The Morgan fingerprint density at radius 2 is 1.87 bits per heavy atom. The number of aliphatic hydroxyl groups is 3. The highest BCUT2D eigenvalue weighted by molar-refractivity contribution is 6.25. The van der Waals surface area contributed by atoms with Crippen LogP contribution in [0.4, 0.5) is 0 Å². The van der Waals surface area contributed by atoms with Crippen LogP contribution in [0.3, 0.4) is 0 Å². The number of carbonyl (C=O) groups excluding carboxylic acids is 3. The topological polar surface area (TPSA) is 161 Å². The third kappa shape index (κ3) is 2.70. The molecule has 4 rings (SSSR count). The highest BCUT2D eigenvalue weighted by Crippen LogP contribution is 2.52. The van der Waals surface area contributed by atoms with Crippen LogP contribution in [-0.2, 0) is 20.8 Å². The molecule has 31 heavy (non-hydrogen) atoms. The molecule has 2 saturated carbocycles. The molecule has 9 heteroatoms. The van der Waals surface area contributed by atoms with Crippen molar-refractivity contribution in [2.24, 2.45) is 23.5 Å². The van der Waals surface area contributed by atoms with Gasteiger partial charge in [-0.2, -0.15) is 0 Å². The van der Waals surface area contributed by atoms with Crippen molar-refractivity contribution in [3.63, 3.8) is 0 Å². The van der Waals surface area contributed by atoms with E-state index in [1.165, 1.54) is 6.07 Å². The zero-order chi connectivity index (χ0) is 23.0. The Bertz CT molecular complexity index is 1050. The summed E-state index contributed by atoms with van der Waals surface area (Å²) in [4.78, 5) is 40.3. The van der Waals surface area contributed by atoms with E-state index in [1.807, 2.05) is 6.92 Å². The number of carbonyl (C=O) groups is 3. The number of nitrogens with two attached hydrogens (primary N) is 1. The lowest BCUT2D eigenvalue weighted by Gasteiger charge is -2.53. The van der Waals surface area contributed by atoms with Gasteiger partial charge in [-0.25, -0.2) is 0 Å². The van der Waals surface area contributed by atoms with E-state index in [9.17, 15) is 34.8 Å². The fraction of sp³-hybridized carbons (Fsp3) is 0.500. The molecular formula is C22H26N2O7. The number of primary amides is 1. The number of ketones is 2. The fourth-order valence-electron chi connectivity index (χ4n) is 5.76. The number of amides is 1. The first-order chi connectivity index (χ1) is 14.4. The summed E-state index contributed by atoms with van der Waals surface area (Å²) in [5, 5.41) is 43.5. The number of hydrogen-bond donors (Lipinski definition) is 5. The first kappa shape index (κ1) is 21.5. The Hall–Kier alpha value is -2.75. The molecule has 0 spiro atoms. The van der Waals surface area contributed by atoms with Crippen LogP contribution in [0.1, 0.15) is 23.1 Å². The standard InChI is InChI=1S/C22H26N2O7/c1-8-4-5-12(25)14-10(8)6-9-7-11-16(24(2)3)18(27)15(21(23)30)20(29)22(11,31)19(28)13(9)17(14)26/h4-5,9,11,15-16,18,25-27,31H,6-7H2,1-3H3,(H2,23,30)/t9?,11?,15?,16-,18?,22-/m0/s1. The lowest BCUT2D eigenvalue weighted by Crippen LogP contribution is -2.73. The van der Waals surface area contributed by atoms with Gasteiger partial charge in [0.05, 0.1) is 11.7 Å². The molecule has 6 N–H and O–H groups in total. The molecule has 0 heterocycles. The largest absolute Gasteiger partial charge is 0.507 e. The number of benzene rings is 1. The third-order valence-electron chi connectivity index (χ3n) is 7.21. The second-order valence-corrected chi connectivity index (χ2v) is 9.05. The van der Waals surface area contributed by atoms with Gasteiger partial charge >= 0.3 is 0 Å². The molecule has 2 fully saturated rings. The summed E-state index contributed by atoms with van der Waals surface area (Å²) in [7, 11) is 3.24. The SMILES string of the molecule is Cc1ccc(O)c2c1CC1CC3[C@H](N(C)C)C(O)C(C(N)=O)C(=O)[C@@]3(O)C(=O)C1=C2O. The number of fused-ring (bicyclic) bond motifs is 3. The molecule has 0 saturated heterocycles. The van der Waals surface area contributed by atoms with E-state index in [2.05, 4.69) is 0 Å². The van der Waals surface area contributed by atoms with E-state index in [0.29, 0.717) is 12.0 Å². The van der Waals surface area contributed by atoms with Gasteiger partial charge in [0.1, 0.15) is 17.4 Å². The first-order valence-corrected chi connectivity index (χ1v) is 10.1. The fourth-order valence-corrected chi connectivity index (χ4v) is 5.76. The van der Waals surface area contributed by atoms with E-state index in [0.717, 1.165) is 5.56 Å². The monoisotopic (exact) mass is 430 g/mol. The van der Waals surface area contributed by atoms with Crippen LogP contribution in [0.15, 0.2) is 17.7 Å². The zero-order valence-corrected chi connectivity index (χ0v) is 17.5. The molecule has 0 aliphatic heterocycles. The normalized spacial score (nSPS) is 35.0. The van der Waals surface area contributed by atoms with Gasteiger partial charge in [0.2, 0.25) is 11.7 Å². The minimum Gasteiger partial charge on any atom is -0.507 e. The summed E-state index contributed by atoms with van der Waals surface area (Å²) >= 11 is 0. The quantitative estimate of drug-likeness (QED) is 0.390. The van der Waals surface area contributed by atoms with E-state index in [-0.39, 0.29) is 23.3 Å². The van der Waals surface area contributed by atoms with Crippen LogP contribution in [0.5, 0.6) is 5.75 Å². The van der Waals surface area contributed by atoms with Gasteiger partial charge in [-0.3, -0.25) is 14.4 Å². The van der Waals surface area contributed by atoms with Gasteiger partial charge in [0, 0.05) is 17.5 Å². The maximum atomic E-state index is 13.6. The molecular weight excluding hydrogens is 404 g/mol. The Morgan fingerprint density at radius 3 is 2.45 bits per heavy atom. The number of Topliss-reactive ketones (excluding diaryl/α,β-unsaturated/α-hetero) is 2. The van der Waals surface area contributed by atoms with Gasteiger partial charge < -0.3 is 31.1 Å². The number of aromatic hydroxyl groups is 1. The lowest BCUT2D eigenvalue weighted by atomic mass is 9.54. The molecule has 166 valence electrons. The van der Waals surface area contributed by atoms with E-state index in [1.54, 1.807) is 25.1 Å². The van der Waals surface area contributed by atoms with Crippen molar-refractivity contribution >= 4 is 23.2 Å². The average molecular weight is 430 g/mol. The van der Waals surface area contributed by atoms with Gasteiger partial charge in [-0.05, 0) is 57.0 Å². The van der Waals surface area contributed by atoms with E-state index >= 15 is 0 Å². The van der Waals surface area contributed by atoms with Crippen molar-refractivity contribution in [2.75, 3.05) is 14.1 Å². The van der Waals surface area contributed by atoms with Crippen molar-refractivity contribution in [2.45, 2.75) is 37.5 Å². The summed E-state index contributed by atoms with van der Waals surface area (Å²) in [5.74, 6) is -7.27. The van der Waals surface area contributed by atoms with Crippen molar-refractivity contribution in [3.05, 3.63) is 34.4 Å². The van der Waals surface area contributed by atoms with Crippen LogP contribution in [0, 0.1) is 24.7 Å². The zero-order valence-electron chi connectivity index (χ0n) is 17.5. The van der Waals surface area contributed by atoms with Crippen molar-refractivity contribution in [1.29, 1.82) is 0 Å². The summed E-state index contributed by atoms with van der Waals surface area (Å²) in [6.45, 7) is 1.82. The number of rotatable bonds is 2. The number of nitrogens with zero attached hydrogens (tertiary/aromatic N) is 1. The molecule has 9 nitrogen and oxygen atoms in total. The second kappa shape index (κ2) is 6.88. The van der Waals surface area contributed by atoms with E-state index < -0.39 is 58.7 Å². The van der Waals surface area contributed by atoms with Crippen LogP contribution in [-0.4, -0.2) is 74.6 Å². The predicted octanol–water partition coefficient (Wildman–Crippen LogP) is -0.563. The summed E-state index contributed by atoms with van der Waals surface area (Å²) < 4.78 is 0. The molecule has 1 amide bonds. The van der Waals surface area contributed by atoms with Crippen molar-refractivity contribution in [3.8, 4) is 5.75 Å². The van der Waals surface area contributed by atoms with Crippen molar-refractivity contribution in [1.82, 2.24) is 4.90 Å². The van der Waals surface area contributed by atoms with Gasteiger partial charge in [-0.1, -0.05) is 6.07 Å². The number of phenolic OH excluding ortho intramolecular Hbond substituents is 1. The van der Waals surface area contributed by atoms with Gasteiger partial charge in [0.25, 0.3) is 0 Å². The number of hydrogen-bond acceptors (Lipinski definition) is 8. The molecule has 3 aliphatic carbocycles. The first-order valence-electron chi connectivity index (χ1n) is 10.1. The highest BCUT2D eigenvalue weighted by Gasteiger charge is 2.67. The van der Waals surface area contributed by atoms with Crippen LogP contribution in [0.2, 0.25) is 0 Å². The summed E-state index contributed by atoms with van der Waals surface area (Å²) in [6.07, 6.45) is -1.05. The minimum absolute atomic E-state index is 0.112. The molecule has 0 bridgehead atoms. The maximum absolute atomic E-state index is 13.6. The maximum Gasteiger partial charge on any atom is 0.230 e. The molecule has 4 unspecified atom stereocenters. The highest BCUT2D eigenvalue weighted by atomic mass is 16.3. The molecule has 1 aromatic rings. The number of likely N-dealkylation sites (N-methyl/N-ethyl adjacent to an activating group) is 1. The smallest absolute Gasteiger partial charge is 0.230 e. The predicted molar refractivity (Wildman–Crippen MR) is 109 cm³/mol. The molecule has 1 aromatic carbocycles. The Balaban J connectivity index is 1.93. The molecule has 0 aromatic heterocycles. The Morgan fingerprint density at radius 1 is 1.23 bits per heavy atom. The summed E-state index contributed by atoms with van der Waals surface area (Å²) in [5.41, 5.74) is 4.20. The molecule has 0 radical (unpaired) electrons. The van der Waals surface area contributed by atoms with E-state index in [4.69, 9.17) is 5.73 Å². The van der Waals surface area contributed by atoms with Crippen molar-refractivity contribution < 1.29 is 34.8 Å². The molecule has 3 aliphatic rings. The number of aryl methyl sites for hydroxylation is 1. The van der Waals surface area contributed by atoms with Crippen LogP contribution >= 0.6 is 0 Å². The number of phenols is 1. The van der Waals surface area contributed by atoms with Gasteiger partial charge in [-0.15, -0.1) is 0 Å². The number of aliphatic hydroxyl groups excluding tert-OH is 2.